The number of carboxylic acid groups (broad SMARTS) is 1. The molecule has 1 unspecified atom stereocenters. The Morgan fingerprint density at radius 1 is 1.14 bits per heavy atom. The van der Waals surface area contributed by atoms with Crippen LogP contribution in [0.1, 0.15) is 52.9 Å². The van der Waals surface area contributed by atoms with Gasteiger partial charge < -0.3 is 20.3 Å². The second-order valence-corrected chi connectivity index (χ2v) is 7.30. The Morgan fingerprint density at radius 2 is 1.77 bits per heavy atom. The maximum Gasteiger partial charge on any atom is 0.408 e. The molecule has 0 aliphatic heterocycles. The first-order valence-electron chi connectivity index (χ1n) is 7.67. The number of thioether (sulfide) groups is 1. The summed E-state index contributed by atoms with van der Waals surface area (Å²) in [5.74, 6) is 0.589. The molecule has 0 radical (unpaired) electrons. The van der Waals surface area contributed by atoms with Crippen molar-refractivity contribution in [3.8, 4) is 0 Å². The lowest BCUT2D eigenvalue weighted by molar-refractivity contribution is -0.139. The number of amides is 1. The standard InChI is InChI=1S/C15H29NO5S/c1-15(2,3)21-14(20)16-12(13(18)19)8-11-22-10-7-5-4-6-9-17/h12,17H,4-11H2,1-3H3,(H,16,20)(H,18,19). The van der Waals surface area contributed by atoms with Crippen LogP contribution in [0.25, 0.3) is 0 Å². The average Bonchev–Trinajstić information content (AvgIpc) is 2.38. The highest BCUT2D eigenvalue weighted by molar-refractivity contribution is 7.99. The van der Waals surface area contributed by atoms with Gasteiger partial charge in [-0.2, -0.15) is 11.8 Å². The number of hydrogen-bond donors (Lipinski definition) is 3. The summed E-state index contributed by atoms with van der Waals surface area (Å²) < 4.78 is 5.06. The number of hydrogen-bond acceptors (Lipinski definition) is 5. The van der Waals surface area contributed by atoms with Crippen molar-refractivity contribution in [3.63, 3.8) is 0 Å². The number of ether oxygens (including phenoxy) is 1. The van der Waals surface area contributed by atoms with E-state index in [2.05, 4.69) is 5.32 Å². The number of aliphatic hydroxyl groups is 1. The van der Waals surface area contributed by atoms with Gasteiger partial charge in [0, 0.05) is 6.61 Å². The molecule has 0 aliphatic carbocycles. The van der Waals surface area contributed by atoms with E-state index in [1.807, 2.05) is 0 Å². The van der Waals surface area contributed by atoms with E-state index in [0.29, 0.717) is 12.2 Å². The zero-order chi connectivity index (χ0) is 17.0. The monoisotopic (exact) mass is 335 g/mol. The molecule has 0 heterocycles. The van der Waals surface area contributed by atoms with Gasteiger partial charge in [-0.25, -0.2) is 9.59 Å². The van der Waals surface area contributed by atoms with Crippen LogP contribution < -0.4 is 5.32 Å². The minimum atomic E-state index is -1.05. The van der Waals surface area contributed by atoms with E-state index < -0.39 is 23.7 Å². The highest BCUT2D eigenvalue weighted by Gasteiger charge is 2.23. The zero-order valence-corrected chi connectivity index (χ0v) is 14.6. The summed E-state index contributed by atoms with van der Waals surface area (Å²) in [7, 11) is 0. The fourth-order valence-corrected chi connectivity index (χ4v) is 2.69. The number of carbonyl (C=O) groups is 2. The maximum absolute atomic E-state index is 11.6. The van der Waals surface area contributed by atoms with E-state index in [9.17, 15) is 9.59 Å². The Kier molecular flexibility index (Phi) is 11.1. The molecule has 6 nitrogen and oxygen atoms in total. The van der Waals surface area contributed by atoms with Crippen molar-refractivity contribution in [3.05, 3.63) is 0 Å². The van der Waals surface area contributed by atoms with Crippen molar-refractivity contribution >= 4 is 23.8 Å². The fraction of sp³-hybridized carbons (Fsp3) is 0.867. The number of aliphatic carboxylic acids is 1. The molecule has 0 fully saturated rings. The molecule has 0 aliphatic rings. The predicted octanol–water partition coefficient (Wildman–Crippen LogP) is 2.64. The first-order chi connectivity index (χ1) is 10.3. The predicted molar refractivity (Wildman–Crippen MR) is 88.3 cm³/mol. The second kappa shape index (κ2) is 11.6. The van der Waals surface area contributed by atoms with Crippen molar-refractivity contribution in [2.45, 2.75) is 64.5 Å². The summed E-state index contributed by atoms with van der Waals surface area (Å²) in [4.78, 5) is 22.7. The molecule has 0 rings (SSSR count). The van der Waals surface area contributed by atoms with Gasteiger partial charge in [0.25, 0.3) is 0 Å². The van der Waals surface area contributed by atoms with Crippen LogP contribution in [0.2, 0.25) is 0 Å². The zero-order valence-electron chi connectivity index (χ0n) is 13.8. The molecule has 7 heteroatoms. The quantitative estimate of drug-likeness (QED) is 0.502. The third kappa shape index (κ3) is 12.8. The van der Waals surface area contributed by atoms with Crippen molar-refractivity contribution in [2.75, 3.05) is 18.1 Å². The summed E-state index contributed by atoms with van der Waals surface area (Å²) in [6, 6.07) is -0.920. The van der Waals surface area contributed by atoms with Crippen LogP contribution in [-0.2, 0) is 9.53 Å². The average molecular weight is 335 g/mol. The minimum absolute atomic E-state index is 0.240. The van der Waals surface area contributed by atoms with Crippen LogP contribution in [0.5, 0.6) is 0 Å². The number of nitrogens with one attached hydrogen (secondary N) is 1. The Hall–Kier alpha value is -0.950. The van der Waals surface area contributed by atoms with Gasteiger partial charge in [0.2, 0.25) is 0 Å². The second-order valence-electron chi connectivity index (χ2n) is 6.08. The lowest BCUT2D eigenvalue weighted by Crippen LogP contribution is -2.43. The van der Waals surface area contributed by atoms with Gasteiger partial charge in [-0.05, 0) is 51.5 Å². The van der Waals surface area contributed by atoms with Crippen molar-refractivity contribution in [1.29, 1.82) is 0 Å². The van der Waals surface area contributed by atoms with Crippen LogP contribution >= 0.6 is 11.8 Å². The first kappa shape index (κ1) is 21.0. The van der Waals surface area contributed by atoms with Crippen LogP contribution in [0, 0.1) is 0 Å². The number of alkyl carbamates (subject to hydrolysis) is 1. The molecule has 22 heavy (non-hydrogen) atoms. The van der Waals surface area contributed by atoms with Gasteiger partial charge in [-0.3, -0.25) is 0 Å². The van der Waals surface area contributed by atoms with Gasteiger partial charge in [0.1, 0.15) is 11.6 Å². The third-order valence-corrected chi connectivity index (χ3v) is 3.84. The van der Waals surface area contributed by atoms with Crippen molar-refractivity contribution < 1.29 is 24.5 Å². The Balaban J connectivity index is 3.87. The van der Waals surface area contributed by atoms with E-state index >= 15 is 0 Å². The SMILES string of the molecule is CC(C)(C)OC(=O)NC(CCSCCCCCCO)C(=O)O. The molecular weight excluding hydrogens is 306 g/mol. The van der Waals surface area contributed by atoms with Crippen LogP contribution in [-0.4, -0.2) is 52.0 Å². The number of carbonyl (C=O) groups excluding carboxylic acids is 1. The number of carboxylic acids is 1. The largest absolute Gasteiger partial charge is 0.480 e. The van der Waals surface area contributed by atoms with Gasteiger partial charge in [-0.15, -0.1) is 0 Å². The Labute approximate surface area is 137 Å². The van der Waals surface area contributed by atoms with Gasteiger partial charge in [-0.1, -0.05) is 12.8 Å². The molecule has 3 N–H and O–H groups in total. The Morgan fingerprint density at radius 3 is 2.32 bits per heavy atom. The van der Waals surface area contributed by atoms with Gasteiger partial charge in [0.15, 0.2) is 0 Å². The first-order valence-corrected chi connectivity index (χ1v) is 8.82. The number of unbranched alkanes of at least 4 members (excludes halogenated alkanes) is 3. The van der Waals surface area contributed by atoms with Crippen LogP contribution in [0.4, 0.5) is 4.79 Å². The van der Waals surface area contributed by atoms with E-state index in [-0.39, 0.29) is 6.61 Å². The molecule has 0 aromatic carbocycles. The molecule has 0 aromatic rings. The molecule has 130 valence electrons. The van der Waals surface area contributed by atoms with Gasteiger partial charge in [0.05, 0.1) is 0 Å². The normalized spacial score (nSPS) is 12.7. The summed E-state index contributed by atoms with van der Waals surface area (Å²) in [6.45, 7) is 5.43. The van der Waals surface area contributed by atoms with Gasteiger partial charge >= 0.3 is 12.1 Å². The number of aliphatic hydroxyl groups excluding tert-OH is 1. The van der Waals surface area contributed by atoms with E-state index in [4.69, 9.17) is 14.9 Å². The number of rotatable bonds is 11. The lowest BCUT2D eigenvalue weighted by atomic mass is 10.2. The third-order valence-electron chi connectivity index (χ3n) is 2.74. The van der Waals surface area contributed by atoms with Crippen molar-refractivity contribution in [1.82, 2.24) is 5.32 Å². The highest BCUT2D eigenvalue weighted by Crippen LogP contribution is 2.11. The molecule has 0 bridgehead atoms. The minimum Gasteiger partial charge on any atom is -0.480 e. The molecule has 0 spiro atoms. The summed E-state index contributed by atoms with van der Waals surface area (Å²) >= 11 is 1.68. The summed E-state index contributed by atoms with van der Waals surface area (Å²) in [5.41, 5.74) is -0.642. The lowest BCUT2D eigenvalue weighted by Gasteiger charge is -2.21. The van der Waals surface area contributed by atoms with E-state index in [1.165, 1.54) is 0 Å². The Bertz CT molecular complexity index is 330. The molecule has 1 amide bonds. The summed E-state index contributed by atoms with van der Waals surface area (Å²) in [5, 5.41) is 20.2. The fourth-order valence-electron chi connectivity index (χ4n) is 1.68. The van der Waals surface area contributed by atoms with E-state index in [0.717, 1.165) is 31.4 Å². The van der Waals surface area contributed by atoms with Crippen LogP contribution in [0.15, 0.2) is 0 Å². The summed E-state index contributed by atoms with van der Waals surface area (Å²) in [6.07, 6.45) is 3.67. The molecule has 0 aromatic heterocycles. The molecule has 0 saturated heterocycles. The van der Waals surface area contributed by atoms with Crippen LogP contribution in [0.3, 0.4) is 0 Å². The highest BCUT2D eigenvalue weighted by atomic mass is 32.2. The molecule has 0 saturated carbocycles. The maximum atomic E-state index is 11.6. The molecule has 1 atom stereocenters. The smallest absolute Gasteiger partial charge is 0.408 e. The van der Waals surface area contributed by atoms with Crippen molar-refractivity contribution in [2.24, 2.45) is 0 Å². The topological polar surface area (TPSA) is 95.9 Å². The molecular formula is C15H29NO5S. The van der Waals surface area contributed by atoms with E-state index in [1.54, 1.807) is 32.5 Å².